The summed E-state index contributed by atoms with van der Waals surface area (Å²) >= 11 is 0.675. The van der Waals surface area contributed by atoms with E-state index in [9.17, 15) is 27.2 Å². The first kappa shape index (κ1) is 36.6. The van der Waals surface area contributed by atoms with Crippen molar-refractivity contribution in [3.8, 4) is 23.2 Å². The van der Waals surface area contributed by atoms with Gasteiger partial charge in [0.15, 0.2) is 5.82 Å². The number of nitrogens with two attached hydrogens (primary N) is 1. The van der Waals surface area contributed by atoms with Gasteiger partial charge in [0.1, 0.15) is 40.2 Å². The van der Waals surface area contributed by atoms with Gasteiger partial charge in [0.05, 0.1) is 35.8 Å². The molecule has 0 saturated carbocycles. The Hall–Kier alpha value is -4.69. The number of fused-ring (bicyclic) bond motifs is 3. The zero-order valence-corrected chi connectivity index (χ0v) is 28.3. The van der Waals surface area contributed by atoms with Crippen molar-refractivity contribution in [2.75, 3.05) is 50.5 Å². The summed E-state index contributed by atoms with van der Waals surface area (Å²) < 4.78 is 92.0. The van der Waals surface area contributed by atoms with E-state index in [1.54, 1.807) is 6.07 Å². The van der Waals surface area contributed by atoms with Crippen LogP contribution in [0.3, 0.4) is 0 Å². The summed E-state index contributed by atoms with van der Waals surface area (Å²) in [4.78, 5) is 13.3. The molecule has 17 heteroatoms. The van der Waals surface area contributed by atoms with Crippen LogP contribution >= 0.6 is 11.3 Å². The highest BCUT2D eigenvalue weighted by Crippen LogP contribution is 2.48. The number of ether oxygens (including phenoxy) is 1. The number of hydrogen-bond donors (Lipinski definition) is 3. The van der Waals surface area contributed by atoms with Crippen LogP contribution in [0.25, 0.3) is 32.1 Å². The Morgan fingerprint density at radius 3 is 2.52 bits per heavy atom. The molecule has 0 radical (unpaired) electrons. The van der Waals surface area contributed by atoms with Gasteiger partial charge in [-0.2, -0.15) is 28.4 Å². The Balaban J connectivity index is 0.000000376. The molecule has 3 aliphatic heterocycles. The normalized spacial score (nSPS) is 19.1. The van der Waals surface area contributed by atoms with E-state index in [0.717, 1.165) is 31.4 Å². The van der Waals surface area contributed by atoms with E-state index in [-0.39, 0.29) is 68.9 Å². The van der Waals surface area contributed by atoms with Crippen molar-refractivity contribution >= 4 is 55.3 Å². The first-order valence-electron chi connectivity index (χ1n) is 15.9. The number of piperazine rings is 1. The number of thiophene rings is 1. The van der Waals surface area contributed by atoms with Crippen LogP contribution in [0.1, 0.15) is 44.2 Å². The second kappa shape index (κ2) is 14.7. The number of anilines is 2. The van der Waals surface area contributed by atoms with Crippen molar-refractivity contribution in [2.24, 2.45) is 0 Å². The number of aromatic nitrogens is 2. The third kappa shape index (κ3) is 6.73. The van der Waals surface area contributed by atoms with Crippen LogP contribution < -0.4 is 15.4 Å². The monoisotopic (exact) mass is 719 g/mol. The lowest BCUT2D eigenvalue weighted by Crippen LogP contribution is -2.49. The van der Waals surface area contributed by atoms with Crippen LogP contribution in [0, 0.1) is 33.8 Å². The summed E-state index contributed by atoms with van der Waals surface area (Å²) in [7, 11) is 1.21. The Bertz CT molecular complexity index is 1970. The lowest BCUT2D eigenvalue weighted by Gasteiger charge is -2.35. The minimum absolute atomic E-state index is 0.0112. The highest BCUT2D eigenvalue weighted by molar-refractivity contribution is 7.23. The van der Waals surface area contributed by atoms with E-state index in [4.69, 9.17) is 21.3 Å². The van der Waals surface area contributed by atoms with Crippen molar-refractivity contribution in [3.63, 3.8) is 0 Å². The molecule has 3 aliphatic rings. The number of nitrogens with one attached hydrogen (secondary N) is 2. The molecule has 2 aromatic carbocycles. The molecule has 0 aliphatic carbocycles. The van der Waals surface area contributed by atoms with Crippen LogP contribution in [0.15, 0.2) is 18.2 Å². The number of nitrogens with zero attached hydrogens (tertiary/aromatic N) is 6. The largest absolute Gasteiger partial charge is 0.467 e. The van der Waals surface area contributed by atoms with Crippen LogP contribution in [-0.2, 0) is 6.18 Å². The van der Waals surface area contributed by atoms with Gasteiger partial charge in [-0.15, -0.1) is 11.3 Å². The molecule has 2 aromatic heterocycles. The first-order chi connectivity index (χ1) is 23.9. The van der Waals surface area contributed by atoms with Crippen LogP contribution in [-0.4, -0.2) is 84.0 Å². The molecule has 0 spiro atoms. The molecule has 5 heterocycles. The molecule has 3 fully saturated rings. The summed E-state index contributed by atoms with van der Waals surface area (Å²) in [5.41, 5.74) is 2.38. The number of halogens is 6. The van der Waals surface area contributed by atoms with E-state index < -0.39 is 40.6 Å². The standard InChI is InChI=1S/C24H17F5N8OS.C7H12FN.C2H6/c1-38-23-34-19-11(22(35-23)36-4-5-37(9-31)15(32)8-36)6-13(24(27,28)29)17(18(19)26)10-2-3-14(25)20-16(10)12(7-30)21(33)39-20;8-6-4-7-2-1-3-9(7)5-6;1-2/h2-3,6,9,31-32H,4-5,8,33H2,1H3;6-7H,1-5H2;1-2H3. The van der Waals surface area contributed by atoms with E-state index in [0.29, 0.717) is 30.0 Å². The topological polar surface area (TPSA) is 142 Å². The average molecular weight is 720 g/mol. The van der Waals surface area contributed by atoms with Gasteiger partial charge in [0.2, 0.25) is 0 Å². The highest BCUT2D eigenvalue weighted by atomic mass is 32.1. The fraction of sp³-hybridized carbons (Fsp3) is 0.424. The molecule has 3 saturated heterocycles. The number of nitrogen functional groups attached to an aromatic ring is 1. The molecule has 50 heavy (non-hydrogen) atoms. The number of nitriles is 1. The molecule has 4 aromatic rings. The van der Waals surface area contributed by atoms with Gasteiger partial charge in [0, 0.05) is 42.0 Å². The van der Waals surface area contributed by atoms with Gasteiger partial charge in [0.25, 0.3) is 0 Å². The van der Waals surface area contributed by atoms with Gasteiger partial charge in [-0.05, 0) is 43.5 Å². The molecule has 0 bridgehead atoms. The SMILES string of the molecule is CC.COc1nc(N2CCN(C=N)C(=N)C2)c2cc(C(F)(F)F)c(-c3ccc(F)c4sc(N)c(C#N)c34)c(F)c2n1.FC1CC2CCCN2C1. The van der Waals surface area contributed by atoms with Crippen molar-refractivity contribution in [2.45, 2.75) is 51.5 Å². The second-order valence-electron chi connectivity index (χ2n) is 11.6. The van der Waals surface area contributed by atoms with Gasteiger partial charge in [-0.1, -0.05) is 19.9 Å². The summed E-state index contributed by atoms with van der Waals surface area (Å²) in [6.45, 7) is 6.08. The van der Waals surface area contributed by atoms with Crippen LogP contribution in [0.5, 0.6) is 6.01 Å². The highest BCUT2D eigenvalue weighted by Gasteiger charge is 2.39. The summed E-state index contributed by atoms with van der Waals surface area (Å²) in [5.74, 6) is -2.30. The van der Waals surface area contributed by atoms with Crippen molar-refractivity contribution in [1.82, 2.24) is 19.8 Å². The Morgan fingerprint density at radius 1 is 1.16 bits per heavy atom. The average Bonchev–Trinajstić information content (AvgIpc) is 3.78. The number of methoxy groups -OCH3 is 1. The molecule has 0 amide bonds. The summed E-state index contributed by atoms with van der Waals surface area (Å²) in [6, 6.07) is 4.62. The van der Waals surface area contributed by atoms with E-state index in [1.165, 1.54) is 29.8 Å². The molecule has 2 unspecified atom stereocenters. The maximum atomic E-state index is 16.3. The van der Waals surface area contributed by atoms with Gasteiger partial charge in [-0.25, -0.2) is 13.2 Å². The zero-order chi connectivity index (χ0) is 36.5. The number of alkyl halides is 4. The minimum atomic E-state index is -5.08. The summed E-state index contributed by atoms with van der Waals surface area (Å²) in [6.07, 6.45) is -1.31. The predicted molar refractivity (Wildman–Crippen MR) is 182 cm³/mol. The van der Waals surface area contributed by atoms with E-state index in [1.807, 2.05) is 13.8 Å². The fourth-order valence-electron chi connectivity index (χ4n) is 6.58. The van der Waals surface area contributed by atoms with E-state index in [2.05, 4.69) is 14.9 Å². The number of amidine groups is 1. The maximum absolute atomic E-state index is 16.3. The van der Waals surface area contributed by atoms with E-state index >= 15 is 4.39 Å². The minimum Gasteiger partial charge on any atom is -0.467 e. The number of rotatable bonds is 4. The van der Waals surface area contributed by atoms with Gasteiger partial charge in [-0.3, -0.25) is 15.7 Å². The molecular formula is C33H35F6N9OS. The summed E-state index contributed by atoms with van der Waals surface area (Å²) in [5, 5.41) is 24.5. The van der Waals surface area contributed by atoms with Gasteiger partial charge < -0.3 is 20.3 Å². The zero-order valence-electron chi connectivity index (χ0n) is 27.5. The Labute approximate surface area is 288 Å². The lowest BCUT2D eigenvalue weighted by atomic mass is 9.92. The van der Waals surface area contributed by atoms with Crippen molar-refractivity contribution < 1.29 is 31.1 Å². The van der Waals surface area contributed by atoms with Crippen LogP contribution in [0.4, 0.5) is 37.2 Å². The third-order valence-corrected chi connectivity index (χ3v) is 9.82. The third-order valence-electron chi connectivity index (χ3n) is 8.79. The van der Waals surface area contributed by atoms with Crippen LogP contribution in [0.2, 0.25) is 0 Å². The second-order valence-corrected chi connectivity index (χ2v) is 12.7. The molecule has 266 valence electrons. The maximum Gasteiger partial charge on any atom is 0.417 e. The fourth-order valence-corrected chi connectivity index (χ4v) is 7.53. The lowest BCUT2D eigenvalue weighted by molar-refractivity contribution is -0.137. The number of hydrogen-bond acceptors (Lipinski definition) is 10. The van der Waals surface area contributed by atoms with Crippen molar-refractivity contribution in [3.05, 3.63) is 41.0 Å². The van der Waals surface area contributed by atoms with Crippen molar-refractivity contribution in [1.29, 1.82) is 16.1 Å². The first-order valence-corrected chi connectivity index (χ1v) is 16.7. The van der Waals surface area contributed by atoms with Gasteiger partial charge >= 0.3 is 12.2 Å². The quantitative estimate of drug-likeness (QED) is 0.114. The molecule has 10 nitrogen and oxygen atoms in total. The Morgan fingerprint density at radius 2 is 1.90 bits per heavy atom. The predicted octanol–water partition coefficient (Wildman–Crippen LogP) is 7.20. The number of benzene rings is 2. The molecular weight excluding hydrogens is 684 g/mol. The molecule has 7 rings (SSSR count). The Kier molecular flexibility index (Phi) is 10.7. The molecule has 2 atom stereocenters. The smallest absolute Gasteiger partial charge is 0.417 e. The molecule has 4 N–H and O–H groups in total.